The number of unbranched alkanes of at least 4 members (excludes halogenated alkanes) is 1. The molecule has 1 aliphatic rings. The van der Waals surface area contributed by atoms with E-state index >= 15 is 0 Å². The van der Waals surface area contributed by atoms with Gasteiger partial charge in [-0.3, -0.25) is 4.79 Å². The Morgan fingerprint density at radius 3 is 2.53 bits per heavy atom. The molecule has 0 radical (unpaired) electrons. The van der Waals surface area contributed by atoms with Gasteiger partial charge in [-0.25, -0.2) is 4.79 Å². The summed E-state index contributed by atoms with van der Waals surface area (Å²) in [5, 5.41) is 11.6. The molecule has 5 heteroatoms. The second-order valence-electron chi connectivity index (χ2n) is 4.61. The lowest BCUT2D eigenvalue weighted by Gasteiger charge is -2.31. The van der Waals surface area contributed by atoms with Crippen LogP contribution in [0.4, 0.5) is 4.79 Å². The Labute approximate surface area is 102 Å². The molecule has 0 atom stereocenters. The van der Waals surface area contributed by atoms with Crippen LogP contribution in [0.15, 0.2) is 0 Å². The maximum Gasteiger partial charge on any atom is 0.317 e. The lowest BCUT2D eigenvalue weighted by Crippen LogP contribution is -2.44. The number of piperidine rings is 1. The van der Waals surface area contributed by atoms with E-state index in [0.29, 0.717) is 13.1 Å². The zero-order chi connectivity index (χ0) is 12.7. The van der Waals surface area contributed by atoms with E-state index in [1.165, 1.54) is 0 Å². The molecule has 0 aromatic heterocycles. The van der Waals surface area contributed by atoms with Gasteiger partial charge in [0.1, 0.15) is 0 Å². The summed E-state index contributed by atoms with van der Waals surface area (Å²) < 4.78 is 0. The minimum atomic E-state index is -0.740. The first-order valence-corrected chi connectivity index (χ1v) is 6.38. The van der Waals surface area contributed by atoms with Crippen LogP contribution in [0.2, 0.25) is 0 Å². The summed E-state index contributed by atoms with van der Waals surface area (Å²) in [6.07, 6.45) is 3.90. The third-order valence-electron chi connectivity index (χ3n) is 3.17. The van der Waals surface area contributed by atoms with Crippen molar-refractivity contribution in [1.29, 1.82) is 0 Å². The molecule has 2 amide bonds. The molecule has 0 saturated carbocycles. The molecule has 0 aliphatic carbocycles. The number of hydrogen-bond donors (Lipinski definition) is 2. The quantitative estimate of drug-likeness (QED) is 0.721. The Morgan fingerprint density at radius 2 is 2.00 bits per heavy atom. The highest BCUT2D eigenvalue weighted by molar-refractivity contribution is 5.74. The predicted molar refractivity (Wildman–Crippen MR) is 64.9 cm³/mol. The molecule has 0 aromatic rings. The summed E-state index contributed by atoms with van der Waals surface area (Å²) in [7, 11) is 0. The van der Waals surface area contributed by atoms with Gasteiger partial charge >= 0.3 is 12.0 Å². The van der Waals surface area contributed by atoms with E-state index < -0.39 is 5.97 Å². The lowest BCUT2D eigenvalue weighted by molar-refractivity contribution is -0.138. The van der Waals surface area contributed by atoms with Crippen LogP contribution in [-0.2, 0) is 4.79 Å². The van der Waals surface area contributed by atoms with Crippen molar-refractivity contribution in [3.63, 3.8) is 0 Å². The van der Waals surface area contributed by atoms with E-state index in [4.69, 9.17) is 5.11 Å². The number of likely N-dealkylation sites (tertiary alicyclic amines) is 1. The van der Waals surface area contributed by atoms with E-state index in [0.717, 1.165) is 32.2 Å². The summed E-state index contributed by atoms with van der Waals surface area (Å²) in [6, 6.07) is -0.00720. The molecule has 0 bridgehead atoms. The number of urea groups is 1. The van der Waals surface area contributed by atoms with Crippen LogP contribution >= 0.6 is 0 Å². The van der Waals surface area contributed by atoms with Crippen LogP contribution in [0, 0.1) is 5.92 Å². The fraction of sp³-hybridized carbons (Fsp3) is 0.833. The minimum absolute atomic E-state index is 0.00720. The normalized spacial score (nSPS) is 16.9. The fourth-order valence-corrected chi connectivity index (χ4v) is 2.07. The summed E-state index contributed by atoms with van der Waals surface area (Å²) in [5.74, 6) is -0.511. The molecule has 0 spiro atoms. The first-order valence-electron chi connectivity index (χ1n) is 6.38. The molecule has 1 aliphatic heterocycles. The highest BCUT2D eigenvalue weighted by atomic mass is 16.4. The van der Waals surface area contributed by atoms with E-state index in [-0.39, 0.29) is 18.4 Å². The largest absolute Gasteiger partial charge is 0.481 e. The van der Waals surface area contributed by atoms with Gasteiger partial charge in [0.15, 0.2) is 0 Å². The van der Waals surface area contributed by atoms with Crippen molar-refractivity contribution in [3.8, 4) is 0 Å². The molecule has 1 heterocycles. The van der Waals surface area contributed by atoms with E-state index in [2.05, 4.69) is 12.2 Å². The Bertz CT molecular complexity index is 260. The second kappa shape index (κ2) is 7.14. The average molecular weight is 242 g/mol. The number of nitrogens with zero attached hydrogens (tertiary/aromatic N) is 1. The molecule has 1 saturated heterocycles. The summed E-state index contributed by atoms with van der Waals surface area (Å²) in [6.45, 7) is 4.17. The monoisotopic (exact) mass is 242 g/mol. The van der Waals surface area contributed by atoms with E-state index in [1.54, 1.807) is 4.90 Å². The third kappa shape index (κ3) is 5.06. The number of rotatable bonds is 5. The third-order valence-corrected chi connectivity index (χ3v) is 3.17. The Morgan fingerprint density at radius 1 is 1.35 bits per heavy atom. The van der Waals surface area contributed by atoms with E-state index in [9.17, 15) is 9.59 Å². The van der Waals surface area contributed by atoms with Crippen molar-refractivity contribution in [2.75, 3.05) is 19.6 Å². The molecule has 1 fully saturated rings. The first-order chi connectivity index (χ1) is 8.13. The summed E-state index contributed by atoms with van der Waals surface area (Å²) in [5.41, 5.74) is 0. The fourth-order valence-electron chi connectivity index (χ4n) is 2.07. The van der Waals surface area contributed by atoms with Gasteiger partial charge in [0.05, 0.1) is 0 Å². The SMILES string of the molecule is CCCCNC(=O)N1CCC(CC(=O)O)CC1. The number of carboxylic acid groups (broad SMARTS) is 1. The second-order valence-corrected chi connectivity index (χ2v) is 4.61. The van der Waals surface area contributed by atoms with Crippen LogP contribution in [0.25, 0.3) is 0 Å². The first kappa shape index (κ1) is 13.8. The predicted octanol–water partition coefficient (Wildman–Crippen LogP) is 1.68. The Balaban J connectivity index is 2.21. The van der Waals surface area contributed by atoms with Crippen LogP contribution in [-0.4, -0.2) is 41.6 Å². The smallest absolute Gasteiger partial charge is 0.317 e. The zero-order valence-corrected chi connectivity index (χ0v) is 10.4. The summed E-state index contributed by atoms with van der Waals surface area (Å²) in [4.78, 5) is 24.1. The number of carbonyl (C=O) groups is 2. The van der Waals surface area contributed by atoms with Gasteiger partial charge in [-0.2, -0.15) is 0 Å². The number of amides is 2. The highest BCUT2D eigenvalue weighted by Gasteiger charge is 2.23. The molecular formula is C12H22N2O3. The van der Waals surface area contributed by atoms with Crippen LogP contribution in [0.1, 0.15) is 39.0 Å². The summed E-state index contributed by atoms with van der Waals surface area (Å²) >= 11 is 0. The molecule has 5 nitrogen and oxygen atoms in total. The molecule has 1 rings (SSSR count). The van der Waals surface area contributed by atoms with Crippen molar-refractivity contribution >= 4 is 12.0 Å². The number of nitrogens with one attached hydrogen (secondary N) is 1. The number of aliphatic carboxylic acids is 1. The molecular weight excluding hydrogens is 220 g/mol. The van der Waals surface area contributed by atoms with Gasteiger partial charge in [-0.05, 0) is 25.2 Å². The maximum atomic E-state index is 11.7. The topological polar surface area (TPSA) is 69.6 Å². The number of hydrogen-bond acceptors (Lipinski definition) is 2. The van der Waals surface area contributed by atoms with Gasteiger partial charge in [0, 0.05) is 26.1 Å². The van der Waals surface area contributed by atoms with Crippen molar-refractivity contribution in [1.82, 2.24) is 10.2 Å². The van der Waals surface area contributed by atoms with Gasteiger partial charge in [-0.1, -0.05) is 13.3 Å². The van der Waals surface area contributed by atoms with Crippen LogP contribution < -0.4 is 5.32 Å². The van der Waals surface area contributed by atoms with Gasteiger partial charge in [0.25, 0.3) is 0 Å². The average Bonchev–Trinajstić information content (AvgIpc) is 2.29. The van der Waals surface area contributed by atoms with Crippen molar-refractivity contribution in [2.45, 2.75) is 39.0 Å². The van der Waals surface area contributed by atoms with Crippen molar-refractivity contribution in [3.05, 3.63) is 0 Å². The standard InChI is InChI=1S/C12H22N2O3/c1-2-3-6-13-12(17)14-7-4-10(5-8-14)9-11(15)16/h10H,2-9H2,1H3,(H,13,17)(H,15,16). The molecule has 17 heavy (non-hydrogen) atoms. The Hall–Kier alpha value is -1.26. The maximum absolute atomic E-state index is 11.7. The molecule has 98 valence electrons. The van der Waals surface area contributed by atoms with Crippen molar-refractivity contribution in [2.24, 2.45) is 5.92 Å². The molecule has 0 aromatic carbocycles. The van der Waals surface area contributed by atoms with Gasteiger partial charge in [0.2, 0.25) is 0 Å². The Kier molecular flexibility index (Phi) is 5.80. The van der Waals surface area contributed by atoms with Gasteiger partial charge < -0.3 is 15.3 Å². The molecule has 0 unspecified atom stereocenters. The number of carboxylic acids is 1. The zero-order valence-electron chi connectivity index (χ0n) is 10.4. The van der Waals surface area contributed by atoms with Crippen LogP contribution in [0.5, 0.6) is 0 Å². The minimum Gasteiger partial charge on any atom is -0.481 e. The van der Waals surface area contributed by atoms with Gasteiger partial charge in [-0.15, -0.1) is 0 Å². The molecule has 2 N–H and O–H groups in total. The van der Waals surface area contributed by atoms with Crippen LogP contribution in [0.3, 0.4) is 0 Å². The lowest BCUT2D eigenvalue weighted by atomic mass is 9.94. The van der Waals surface area contributed by atoms with Crippen molar-refractivity contribution < 1.29 is 14.7 Å². The highest BCUT2D eigenvalue weighted by Crippen LogP contribution is 2.20. The van der Waals surface area contributed by atoms with E-state index in [1.807, 2.05) is 0 Å². The number of carbonyl (C=O) groups excluding carboxylic acids is 1.